The Labute approximate surface area is 246 Å². The van der Waals surface area contributed by atoms with E-state index in [2.05, 4.69) is 169 Å². The Morgan fingerprint density at radius 2 is 1.05 bits per heavy atom. The Kier molecular flexibility index (Phi) is 6.76. The number of rotatable bonds is 6. The zero-order valence-electron chi connectivity index (χ0n) is 22.6. The number of hydrogen-bond donors (Lipinski definition) is 1. The molecule has 2 heteroatoms. The summed E-state index contributed by atoms with van der Waals surface area (Å²) in [5, 5.41) is 4.90. The molecule has 0 aliphatic rings. The SMILES string of the molecule is SC(c1ccccc1)c1cccc2ccc(N(c3ccccc3)c3cccc(-c4cccc5ccccc45)c3)cc12. The maximum absolute atomic E-state index is 5.08. The van der Waals surface area contributed by atoms with Gasteiger partial charge in [-0.2, -0.15) is 12.6 Å². The molecule has 196 valence electrons. The molecule has 1 nitrogen and oxygen atoms in total. The molecule has 0 amide bonds. The number of para-hydroxylation sites is 1. The Bertz CT molecular complexity index is 1960. The van der Waals surface area contributed by atoms with Crippen LogP contribution in [-0.4, -0.2) is 0 Å². The maximum Gasteiger partial charge on any atom is 0.0522 e. The first-order valence-corrected chi connectivity index (χ1v) is 14.5. The third-order valence-electron chi connectivity index (χ3n) is 7.79. The van der Waals surface area contributed by atoms with E-state index in [0.717, 1.165) is 17.1 Å². The molecule has 0 saturated heterocycles. The van der Waals surface area contributed by atoms with Gasteiger partial charge in [-0.3, -0.25) is 0 Å². The predicted molar refractivity (Wildman–Crippen MR) is 179 cm³/mol. The van der Waals surface area contributed by atoms with Crippen molar-refractivity contribution in [2.45, 2.75) is 5.25 Å². The lowest BCUT2D eigenvalue weighted by Gasteiger charge is -2.27. The monoisotopic (exact) mass is 543 g/mol. The van der Waals surface area contributed by atoms with Gasteiger partial charge < -0.3 is 4.90 Å². The normalized spacial score (nSPS) is 11.9. The number of nitrogens with zero attached hydrogens (tertiary/aromatic N) is 1. The van der Waals surface area contributed by atoms with Gasteiger partial charge in [-0.05, 0) is 80.2 Å². The molecule has 0 saturated carbocycles. The molecule has 7 aromatic carbocycles. The molecule has 0 spiro atoms. The Morgan fingerprint density at radius 1 is 0.439 bits per heavy atom. The number of thiol groups is 1. The summed E-state index contributed by atoms with van der Waals surface area (Å²) >= 11 is 5.08. The third-order valence-corrected chi connectivity index (χ3v) is 8.36. The minimum absolute atomic E-state index is 0.0185. The molecule has 1 atom stereocenters. The quantitative estimate of drug-likeness (QED) is 0.204. The molecule has 0 bridgehead atoms. The smallest absolute Gasteiger partial charge is 0.0522 e. The highest BCUT2D eigenvalue weighted by atomic mass is 32.1. The van der Waals surface area contributed by atoms with Gasteiger partial charge in [0.25, 0.3) is 0 Å². The van der Waals surface area contributed by atoms with Crippen molar-refractivity contribution in [3.05, 3.63) is 175 Å². The van der Waals surface area contributed by atoms with Crippen molar-refractivity contribution < 1.29 is 0 Å². The zero-order valence-corrected chi connectivity index (χ0v) is 23.5. The fraction of sp³-hybridized carbons (Fsp3) is 0.0256. The second-order valence-corrected chi connectivity index (χ2v) is 10.8. The van der Waals surface area contributed by atoms with Crippen molar-refractivity contribution >= 4 is 51.2 Å². The number of hydrogen-bond acceptors (Lipinski definition) is 2. The van der Waals surface area contributed by atoms with Crippen LogP contribution in [0.5, 0.6) is 0 Å². The maximum atomic E-state index is 5.08. The topological polar surface area (TPSA) is 3.24 Å². The van der Waals surface area contributed by atoms with Crippen molar-refractivity contribution in [1.82, 2.24) is 0 Å². The molecular formula is C39H29NS. The van der Waals surface area contributed by atoms with E-state index in [-0.39, 0.29) is 5.25 Å². The Balaban J connectivity index is 1.39. The molecule has 0 heterocycles. The van der Waals surface area contributed by atoms with Crippen molar-refractivity contribution in [2.24, 2.45) is 0 Å². The van der Waals surface area contributed by atoms with E-state index in [1.54, 1.807) is 0 Å². The molecular weight excluding hydrogens is 515 g/mol. The second kappa shape index (κ2) is 11.0. The molecule has 0 fully saturated rings. The summed E-state index contributed by atoms with van der Waals surface area (Å²) in [7, 11) is 0. The van der Waals surface area contributed by atoms with Crippen LogP contribution in [0.25, 0.3) is 32.7 Å². The van der Waals surface area contributed by atoms with Gasteiger partial charge in [0, 0.05) is 17.1 Å². The van der Waals surface area contributed by atoms with Crippen LogP contribution in [0.15, 0.2) is 164 Å². The standard InChI is InChI=1S/C39H29NS/c41-39(30-13-3-1-4-14-30)37-23-11-16-29-24-25-34(27-38(29)37)40(32-18-5-2-6-19-32)33-20-9-17-31(26-33)36-22-10-15-28-12-7-8-21-35(28)36/h1-27,39,41H. The molecule has 41 heavy (non-hydrogen) atoms. The largest absolute Gasteiger partial charge is 0.310 e. The highest BCUT2D eigenvalue weighted by Gasteiger charge is 2.17. The third kappa shape index (κ3) is 4.88. The van der Waals surface area contributed by atoms with E-state index in [9.17, 15) is 0 Å². The summed E-state index contributed by atoms with van der Waals surface area (Å²) in [6.07, 6.45) is 0. The van der Waals surface area contributed by atoms with Crippen molar-refractivity contribution in [3.8, 4) is 11.1 Å². The van der Waals surface area contributed by atoms with Gasteiger partial charge in [0.15, 0.2) is 0 Å². The van der Waals surface area contributed by atoms with Gasteiger partial charge in [-0.1, -0.05) is 127 Å². The minimum atomic E-state index is -0.0185. The van der Waals surface area contributed by atoms with Gasteiger partial charge in [-0.25, -0.2) is 0 Å². The predicted octanol–water partition coefficient (Wildman–Crippen LogP) is 11.1. The average Bonchev–Trinajstić information content (AvgIpc) is 3.05. The summed E-state index contributed by atoms with van der Waals surface area (Å²) in [5.41, 5.74) is 8.17. The first-order valence-electron chi connectivity index (χ1n) is 14.0. The molecule has 0 aliphatic carbocycles. The fourth-order valence-electron chi connectivity index (χ4n) is 5.79. The van der Waals surface area contributed by atoms with Crippen LogP contribution >= 0.6 is 12.6 Å². The second-order valence-electron chi connectivity index (χ2n) is 10.3. The lowest BCUT2D eigenvalue weighted by Crippen LogP contribution is -2.10. The van der Waals surface area contributed by atoms with E-state index in [1.165, 1.54) is 43.8 Å². The summed E-state index contributed by atoms with van der Waals surface area (Å²) in [6.45, 7) is 0. The van der Waals surface area contributed by atoms with Crippen LogP contribution in [0.4, 0.5) is 17.1 Å². The van der Waals surface area contributed by atoms with Crippen LogP contribution in [0.3, 0.4) is 0 Å². The lowest BCUT2D eigenvalue weighted by molar-refractivity contribution is 1.18. The first kappa shape index (κ1) is 25.2. The van der Waals surface area contributed by atoms with Crippen LogP contribution in [0, 0.1) is 0 Å². The molecule has 0 aromatic heterocycles. The molecule has 7 rings (SSSR count). The fourth-order valence-corrected chi connectivity index (χ4v) is 6.19. The summed E-state index contributed by atoms with van der Waals surface area (Å²) in [6, 6.07) is 58.4. The summed E-state index contributed by atoms with van der Waals surface area (Å²) in [5.74, 6) is 0. The zero-order chi connectivity index (χ0) is 27.6. The van der Waals surface area contributed by atoms with Crippen molar-refractivity contribution in [1.29, 1.82) is 0 Å². The van der Waals surface area contributed by atoms with E-state index >= 15 is 0 Å². The van der Waals surface area contributed by atoms with E-state index < -0.39 is 0 Å². The van der Waals surface area contributed by atoms with E-state index in [0.29, 0.717) is 0 Å². The number of fused-ring (bicyclic) bond motifs is 2. The highest BCUT2D eigenvalue weighted by Crippen LogP contribution is 2.41. The van der Waals surface area contributed by atoms with Crippen LogP contribution in [0.1, 0.15) is 16.4 Å². The average molecular weight is 544 g/mol. The van der Waals surface area contributed by atoms with Gasteiger partial charge in [0.2, 0.25) is 0 Å². The van der Waals surface area contributed by atoms with Crippen LogP contribution < -0.4 is 4.90 Å². The van der Waals surface area contributed by atoms with Crippen molar-refractivity contribution in [3.63, 3.8) is 0 Å². The van der Waals surface area contributed by atoms with Crippen molar-refractivity contribution in [2.75, 3.05) is 4.90 Å². The Morgan fingerprint density at radius 3 is 1.88 bits per heavy atom. The van der Waals surface area contributed by atoms with Crippen LogP contribution in [0.2, 0.25) is 0 Å². The molecule has 0 radical (unpaired) electrons. The molecule has 1 unspecified atom stereocenters. The molecule has 7 aromatic rings. The van der Waals surface area contributed by atoms with Gasteiger partial charge in [0.05, 0.1) is 5.25 Å². The molecule has 0 aliphatic heterocycles. The lowest BCUT2D eigenvalue weighted by atomic mass is 9.96. The summed E-state index contributed by atoms with van der Waals surface area (Å²) in [4.78, 5) is 2.35. The first-order chi connectivity index (χ1) is 20.3. The minimum Gasteiger partial charge on any atom is -0.310 e. The number of anilines is 3. The van der Waals surface area contributed by atoms with Gasteiger partial charge in [-0.15, -0.1) is 0 Å². The highest BCUT2D eigenvalue weighted by molar-refractivity contribution is 7.80. The number of benzene rings is 7. The summed E-state index contributed by atoms with van der Waals surface area (Å²) < 4.78 is 0. The van der Waals surface area contributed by atoms with E-state index in [4.69, 9.17) is 12.6 Å². The van der Waals surface area contributed by atoms with E-state index in [1.807, 2.05) is 0 Å². The molecule has 0 N–H and O–H groups in total. The van der Waals surface area contributed by atoms with Gasteiger partial charge in [0.1, 0.15) is 0 Å². The Hall–Kier alpha value is -4.79. The van der Waals surface area contributed by atoms with Gasteiger partial charge >= 0.3 is 0 Å². The van der Waals surface area contributed by atoms with Crippen LogP contribution in [-0.2, 0) is 0 Å².